The zero-order chi connectivity index (χ0) is 15.1. The Kier molecular flexibility index (Phi) is 4.80. The van der Waals surface area contributed by atoms with Crippen molar-refractivity contribution in [2.24, 2.45) is 0 Å². The molecule has 1 heterocycles. The Bertz CT molecular complexity index is 613. The number of hydrogen-bond donors (Lipinski definition) is 4. The molecule has 2 aromatic rings. The number of carboxylic acids is 1. The molecule has 1 aromatic carbocycles. The number of aromatic carboxylic acids is 1. The van der Waals surface area contributed by atoms with Crippen molar-refractivity contribution in [2.75, 3.05) is 6.54 Å². The number of nitrogens with zero attached hydrogens (tertiary/aromatic N) is 3. The fourth-order valence-corrected chi connectivity index (χ4v) is 1.74. The maximum Gasteiger partial charge on any atom is 0.335 e. The van der Waals surface area contributed by atoms with Crippen LogP contribution in [0.15, 0.2) is 24.3 Å². The highest BCUT2D eigenvalue weighted by Crippen LogP contribution is 2.08. The lowest BCUT2D eigenvalue weighted by molar-refractivity contribution is 0.0695. The van der Waals surface area contributed by atoms with Crippen LogP contribution >= 0.6 is 0 Å². The van der Waals surface area contributed by atoms with Gasteiger partial charge in [0.25, 0.3) is 0 Å². The molecule has 9 heteroatoms. The molecular weight excluding hydrogens is 276 g/mol. The first-order valence-electron chi connectivity index (χ1n) is 6.22. The molecule has 0 bridgehead atoms. The van der Waals surface area contributed by atoms with E-state index in [1.165, 1.54) is 6.07 Å². The molecule has 0 aliphatic rings. The second-order valence-corrected chi connectivity index (χ2v) is 4.15. The Labute approximate surface area is 119 Å². The smallest absolute Gasteiger partial charge is 0.335 e. The van der Waals surface area contributed by atoms with Crippen LogP contribution in [-0.2, 0) is 13.0 Å². The molecule has 0 spiro atoms. The van der Waals surface area contributed by atoms with Gasteiger partial charge in [0.2, 0.25) is 0 Å². The van der Waals surface area contributed by atoms with Crippen LogP contribution in [0.3, 0.4) is 0 Å². The zero-order valence-corrected chi connectivity index (χ0v) is 11.0. The van der Waals surface area contributed by atoms with Crippen molar-refractivity contribution in [1.29, 1.82) is 0 Å². The minimum atomic E-state index is -0.979. The molecule has 9 nitrogen and oxygen atoms in total. The topological polar surface area (TPSA) is 133 Å². The summed E-state index contributed by atoms with van der Waals surface area (Å²) in [5.74, 6) is -0.603. The van der Waals surface area contributed by atoms with Crippen LogP contribution < -0.4 is 10.6 Å². The van der Waals surface area contributed by atoms with Gasteiger partial charge in [-0.25, -0.2) is 9.59 Å². The molecule has 0 aliphatic heterocycles. The number of hydrogen-bond acceptors (Lipinski definition) is 5. The molecule has 2 amide bonds. The van der Waals surface area contributed by atoms with Crippen LogP contribution in [0.1, 0.15) is 21.7 Å². The molecule has 0 aliphatic carbocycles. The monoisotopic (exact) mass is 290 g/mol. The Morgan fingerprint density at radius 1 is 1.24 bits per heavy atom. The van der Waals surface area contributed by atoms with Gasteiger partial charge in [-0.2, -0.15) is 5.21 Å². The number of carbonyl (C=O) groups is 2. The lowest BCUT2D eigenvalue weighted by Crippen LogP contribution is -2.36. The molecule has 0 saturated heterocycles. The van der Waals surface area contributed by atoms with Crippen molar-refractivity contribution in [2.45, 2.75) is 13.0 Å². The van der Waals surface area contributed by atoms with Crippen LogP contribution in [0.2, 0.25) is 0 Å². The average molecular weight is 290 g/mol. The van der Waals surface area contributed by atoms with E-state index in [1.54, 1.807) is 18.2 Å². The van der Waals surface area contributed by atoms with E-state index in [1.807, 2.05) is 0 Å². The molecular formula is C12H14N6O3. The number of carbonyl (C=O) groups excluding carboxylic acids is 1. The van der Waals surface area contributed by atoms with Gasteiger partial charge < -0.3 is 15.7 Å². The minimum absolute atomic E-state index is 0.161. The second kappa shape index (κ2) is 6.98. The Balaban J connectivity index is 1.76. The van der Waals surface area contributed by atoms with Gasteiger partial charge in [-0.3, -0.25) is 0 Å². The van der Waals surface area contributed by atoms with Crippen molar-refractivity contribution in [3.8, 4) is 0 Å². The van der Waals surface area contributed by atoms with Gasteiger partial charge in [0.05, 0.1) is 12.1 Å². The third-order valence-electron chi connectivity index (χ3n) is 2.72. The SMILES string of the molecule is O=C(NCCc1ccccc1C(=O)O)NCc1nn[nH]n1. The van der Waals surface area contributed by atoms with Gasteiger partial charge in [0, 0.05) is 6.54 Å². The van der Waals surface area contributed by atoms with Crippen molar-refractivity contribution in [3.63, 3.8) is 0 Å². The maximum absolute atomic E-state index is 11.5. The number of amides is 2. The molecule has 2 rings (SSSR count). The molecule has 0 radical (unpaired) electrons. The molecule has 0 saturated carbocycles. The fraction of sp³-hybridized carbons (Fsp3) is 0.250. The molecule has 21 heavy (non-hydrogen) atoms. The number of benzene rings is 1. The van der Waals surface area contributed by atoms with E-state index in [0.29, 0.717) is 24.4 Å². The summed E-state index contributed by atoms with van der Waals surface area (Å²) in [6, 6.07) is 6.31. The van der Waals surface area contributed by atoms with Crippen LogP contribution in [0, 0.1) is 0 Å². The van der Waals surface area contributed by atoms with Gasteiger partial charge in [-0.1, -0.05) is 23.4 Å². The Morgan fingerprint density at radius 3 is 2.76 bits per heavy atom. The summed E-state index contributed by atoms with van der Waals surface area (Å²) in [4.78, 5) is 22.6. The van der Waals surface area contributed by atoms with Crippen molar-refractivity contribution >= 4 is 12.0 Å². The van der Waals surface area contributed by atoms with E-state index < -0.39 is 5.97 Å². The van der Waals surface area contributed by atoms with Gasteiger partial charge >= 0.3 is 12.0 Å². The van der Waals surface area contributed by atoms with E-state index in [4.69, 9.17) is 5.11 Å². The van der Waals surface area contributed by atoms with Gasteiger partial charge in [0.15, 0.2) is 5.82 Å². The molecule has 110 valence electrons. The van der Waals surface area contributed by atoms with E-state index in [-0.39, 0.29) is 18.1 Å². The average Bonchev–Trinajstić information content (AvgIpc) is 2.99. The molecule has 0 atom stereocenters. The van der Waals surface area contributed by atoms with E-state index >= 15 is 0 Å². The standard InChI is InChI=1S/C12H14N6O3/c19-11(20)9-4-2-1-3-8(9)5-6-13-12(21)14-7-10-15-17-18-16-10/h1-4H,5-7H2,(H,19,20)(H2,13,14,21)(H,15,16,17,18). The number of urea groups is 1. The maximum atomic E-state index is 11.5. The van der Waals surface area contributed by atoms with Crippen LogP contribution in [0.25, 0.3) is 0 Å². The normalized spacial score (nSPS) is 10.1. The molecule has 0 fully saturated rings. The summed E-state index contributed by atoms with van der Waals surface area (Å²) < 4.78 is 0. The first-order chi connectivity index (χ1) is 10.2. The van der Waals surface area contributed by atoms with Crippen molar-refractivity contribution in [1.82, 2.24) is 31.3 Å². The number of nitrogens with one attached hydrogen (secondary N) is 3. The van der Waals surface area contributed by atoms with Crippen molar-refractivity contribution in [3.05, 3.63) is 41.2 Å². The summed E-state index contributed by atoms with van der Waals surface area (Å²) in [7, 11) is 0. The number of rotatable bonds is 6. The predicted molar refractivity (Wildman–Crippen MR) is 71.5 cm³/mol. The molecule has 0 unspecified atom stereocenters. The third kappa shape index (κ3) is 4.27. The van der Waals surface area contributed by atoms with Gasteiger partial charge in [-0.05, 0) is 18.1 Å². The lowest BCUT2D eigenvalue weighted by atomic mass is 10.0. The first-order valence-corrected chi connectivity index (χ1v) is 6.22. The quantitative estimate of drug-likeness (QED) is 0.589. The minimum Gasteiger partial charge on any atom is -0.478 e. The largest absolute Gasteiger partial charge is 0.478 e. The number of H-pyrrole nitrogens is 1. The third-order valence-corrected chi connectivity index (χ3v) is 2.72. The summed E-state index contributed by atoms with van der Waals surface area (Å²) in [5, 5.41) is 27.3. The van der Waals surface area contributed by atoms with Gasteiger partial charge in [0.1, 0.15) is 0 Å². The lowest BCUT2D eigenvalue weighted by Gasteiger charge is -2.08. The highest BCUT2D eigenvalue weighted by atomic mass is 16.4. The molecule has 1 aromatic heterocycles. The fourth-order valence-electron chi connectivity index (χ4n) is 1.74. The van der Waals surface area contributed by atoms with Crippen LogP contribution in [0.5, 0.6) is 0 Å². The van der Waals surface area contributed by atoms with Crippen LogP contribution in [0.4, 0.5) is 4.79 Å². The number of tetrazole rings is 1. The summed E-state index contributed by atoms with van der Waals surface area (Å²) in [5.41, 5.74) is 0.912. The van der Waals surface area contributed by atoms with E-state index in [0.717, 1.165) is 0 Å². The first kappa shape index (κ1) is 14.4. The van der Waals surface area contributed by atoms with Crippen molar-refractivity contribution < 1.29 is 14.7 Å². The number of aromatic nitrogens is 4. The Morgan fingerprint density at radius 2 is 2.05 bits per heavy atom. The van der Waals surface area contributed by atoms with E-state index in [2.05, 4.69) is 31.3 Å². The predicted octanol–water partition coefficient (Wildman–Crippen LogP) is -0.0602. The highest BCUT2D eigenvalue weighted by molar-refractivity contribution is 5.89. The highest BCUT2D eigenvalue weighted by Gasteiger charge is 2.09. The van der Waals surface area contributed by atoms with Gasteiger partial charge in [-0.15, -0.1) is 10.2 Å². The Hall–Kier alpha value is -2.97. The second-order valence-electron chi connectivity index (χ2n) is 4.15. The summed E-state index contributed by atoms with van der Waals surface area (Å²) in [6.07, 6.45) is 0.429. The zero-order valence-electron chi connectivity index (χ0n) is 11.0. The number of carboxylic acid groups (broad SMARTS) is 1. The molecule has 4 N–H and O–H groups in total. The summed E-state index contributed by atoms with van der Waals surface area (Å²) in [6.45, 7) is 0.483. The van der Waals surface area contributed by atoms with E-state index in [9.17, 15) is 9.59 Å². The van der Waals surface area contributed by atoms with Crippen LogP contribution in [-0.4, -0.2) is 44.3 Å². The summed E-state index contributed by atoms with van der Waals surface area (Å²) >= 11 is 0. The number of aromatic amines is 1.